The number of anilines is 1. The van der Waals surface area contributed by atoms with Crippen LogP contribution in [0.5, 0.6) is 0 Å². The minimum absolute atomic E-state index is 0.00586. The summed E-state index contributed by atoms with van der Waals surface area (Å²) in [5.74, 6) is 1.67. The highest BCUT2D eigenvalue weighted by Gasteiger charge is 2.44. The molecule has 0 saturated heterocycles. The Morgan fingerprint density at radius 3 is 2.59 bits per heavy atom. The first-order chi connectivity index (χ1) is 10.6. The Bertz CT molecular complexity index is 636. The van der Waals surface area contributed by atoms with Gasteiger partial charge in [0.05, 0.1) is 6.10 Å². The molecule has 1 aliphatic carbocycles. The lowest BCUT2D eigenvalue weighted by molar-refractivity contribution is 0.0242. The van der Waals surface area contributed by atoms with Crippen molar-refractivity contribution in [2.75, 3.05) is 11.9 Å². The molecule has 0 atom stereocenters. The van der Waals surface area contributed by atoms with Gasteiger partial charge in [-0.2, -0.15) is 0 Å². The summed E-state index contributed by atoms with van der Waals surface area (Å²) < 4.78 is 0. The lowest BCUT2D eigenvalue weighted by atomic mass is 9.62. The number of hydrogen-bond donors (Lipinski definition) is 2. The van der Waals surface area contributed by atoms with Gasteiger partial charge in [-0.3, -0.25) is 0 Å². The minimum atomic E-state index is -0.194. The molecule has 0 unspecified atom stereocenters. The van der Waals surface area contributed by atoms with E-state index in [1.807, 2.05) is 19.1 Å². The molecule has 1 aromatic heterocycles. The van der Waals surface area contributed by atoms with E-state index in [0.717, 1.165) is 43.1 Å². The average molecular weight is 297 g/mol. The fourth-order valence-electron chi connectivity index (χ4n) is 3.28. The van der Waals surface area contributed by atoms with Crippen molar-refractivity contribution in [3.63, 3.8) is 0 Å². The van der Waals surface area contributed by atoms with E-state index >= 15 is 0 Å². The molecule has 1 aliphatic rings. The standard InChI is InChI=1S/C18H23N3O/c1-3-15-9-17(21-13(2)20-15)19-12-18(10-16(22)11-18)14-7-5-4-6-8-14/h4-9,16,22H,3,10-12H2,1-2H3,(H,19,20,21). The van der Waals surface area contributed by atoms with Crippen molar-refractivity contribution in [3.05, 3.63) is 53.5 Å². The summed E-state index contributed by atoms with van der Waals surface area (Å²) >= 11 is 0. The summed E-state index contributed by atoms with van der Waals surface area (Å²) in [6, 6.07) is 12.5. The third-order valence-electron chi connectivity index (χ3n) is 4.50. The van der Waals surface area contributed by atoms with Crippen LogP contribution in [0.1, 0.15) is 36.8 Å². The van der Waals surface area contributed by atoms with Crippen molar-refractivity contribution in [3.8, 4) is 0 Å². The zero-order chi connectivity index (χ0) is 15.6. The number of rotatable bonds is 5. The third-order valence-corrected chi connectivity index (χ3v) is 4.50. The smallest absolute Gasteiger partial charge is 0.129 e. The molecule has 3 rings (SSSR count). The minimum Gasteiger partial charge on any atom is -0.393 e. The molecule has 0 aliphatic heterocycles. The number of benzene rings is 1. The molecule has 2 aromatic rings. The van der Waals surface area contributed by atoms with Gasteiger partial charge in [-0.1, -0.05) is 37.3 Å². The van der Waals surface area contributed by atoms with Gasteiger partial charge in [-0.05, 0) is 31.7 Å². The summed E-state index contributed by atoms with van der Waals surface area (Å²) in [6.07, 6.45) is 2.31. The Balaban J connectivity index is 1.77. The van der Waals surface area contributed by atoms with Crippen molar-refractivity contribution in [2.24, 2.45) is 0 Å². The van der Waals surface area contributed by atoms with E-state index < -0.39 is 0 Å². The monoisotopic (exact) mass is 297 g/mol. The van der Waals surface area contributed by atoms with Crippen molar-refractivity contribution < 1.29 is 5.11 Å². The Morgan fingerprint density at radius 2 is 1.95 bits per heavy atom. The van der Waals surface area contributed by atoms with Crippen molar-refractivity contribution in [1.82, 2.24) is 9.97 Å². The average Bonchev–Trinajstić information content (AvgIpc) is 2.50. The highest BCUT2D eigenvalue weighted by Crippen LogP contribution is 2.43. The predicted octanol–water partition coefficient (Wildman–Crippen LogP) is 2.85. The first-order valence-electron chi connectivity index (χ1n) is 7.93. The van der Waals surface area contributed by atoms with E-state index in [-0.39, 0.29) is 11.5 Å². The first kappa shape index (κ1) is 15.0. The Kier molecular flexibility index (Phi) is 4.12. The number of nitrogens with zero attached hydrogens (tertiary/aromatic N) is 2. The van der Waals surface area contributed by atoms with Gasteiger partial charge in [0.15, 0.2) is 0 Å². The number of hydrogen-bond acceptors (Lipinski definition) is 4. The normalized spacial score (nSPS) is 23.9. The van der Waals surface area contributed by atoms with Gasteiger partial charge in [-0.15, -0.1) is 0 Å². The van der Waals surface area contributed by atoms with E-state index in [2.05, 4.69) is 46.5 Å². The molecular formula is C18H23N3O. The topological polar surface area (TPSA) is 58.0 Å². The van der Waals surface area contributed by atoms with Gasteiger partial charge in [0.1, 0.15) is 11.6 Å². The van der Waals surface area contributed by atoms with Gasteiger partial charge >= 0.3 is 0 Å². The summed E-state index contributed by atoms with van der Waals surface area (Å²) in [4.78, 5) is 8.88. The number of aliphatic hydroxyl groups is 1. The number of nitrogens with one attached hydrogen (secondary N) is 1. The quantitative estimate of drug-likeness (QED) is 0.891. The van der Waals surface area contributed by atoms with Crippen LogP contribution < -0.4 is 5.32 Å². The van der Waals surface area contributed by atoms with E-state index in [1.165, 1.54) is 5.56 Å². The molecule has 0 spiro atoms. The van der Waals surface area contributed by atoms with Crippen LogP contribution in [0.3, 0.4) is 0 Å². The Hall–Kier alpha value is -1.94. The summed E-state index contributed by atoms with van der Waals surface area (Å²) in [5, 5.41) is 13.3. The second kappa shape index (κ2) is 6.05. The van der Waals surface area contributed by atoms with Crippen molar-refractivity contribution >= 4 is 5.82 Å². The van der Waals surface area contributed by atoms with Crippen molar-refractivity contribution in [1.29, 1.82) is 0 Å². The summed E-state index contributed by atoms with van der Waals surface area (Å²) in [5.41, 5.74) is 2.35. The maximum atomic E-state index is 9.81. The molecule has 4 nitrogen and oxygen atoms in total. The van der Waals surface area contributed by atoms with Gasteiger partial charge < -0.3 is 10.4 Å². The third kappa shape index (κ3) is 2.97. The van der Waals surface area contributed by atoms with Gasteiger partial charge in [0, 0.05) is 23.7 Å². The molecule has 0 radical (unpaired) electrons. The lowest BCUT2D eigenvalue weighted by Gasteiger charge is -2.46. The SMILES string of the molecule is CCc1cc(NCC2(c3ccccc3)CC(O)C2)nc(C)n1. The van der Waals surface area contributed by atoms with Crippen LogP contribution in [0, 0.1) is 6.92 Å². The molecule has 1 aromatic carbocycles. The van der Waals surface area contributed by atoms with Crippen LogP contribution in [0.2, 0.25) is 0 Å². The Morgan fingerprint density at radius 1 is 1.23 bits per heavy atom. The van der Waals surface area contributed by atoms with Gasteiger partial charge in [0.25, 0.3) is 0 Å². The Labute approximate surface area is 131 Å². The highest BCUT2D eigenvalue weighted by molar-refractivity contribution is 5.39. The van der Waals surface area contributed by atoms with Crippen LogP contribution in [0.4, 0.5) is 5.82 Å². The van der Waals surface area contributed by atoms with Crippen LogP contribution in [0.15, 0.2) is 36.4 Å². The van der Waals surface area contributed by atoms with Crippen LogP contribution in [-0.4, -0.2) is 27.7 Å². The second-order valence-corrected chi connectivity index (χ2v) is 6.21. The number of aliphatic hydroxyl groups excluding tert-OH is 1. The number of aryl methyl sites for hydroxylation is 2. The molecule has 4 heteroatoms. The molecule has 1 saturated carbocycles. The summed E-state index contributed by atoms with van der Waals surface area (Å²) in [6.45, 7) is 4.80. The van der Waals surface area contributed by atoms with Crippen molar-refractivity contribution in [2.45, 2.75) is 44.6 Å². The van der Waals surface area contributed by atoms with Crippen LogP contribution >= 0.6 is 0 Å². The fourth-order valence-corrected chi connectivity index (χ4v) is 3.28. The first-order valence-corrected chi connectivity index (χ1v) is 7.93. The van der Waals surface area contributed by atoms with Gasteiger partial charge in [-0.25, -0.2) is 9.97 Å². The number of aromatic nitrogens is 2. The molecule has 116 valence electrons. The second-order valence-electron chi connectivity index (χ2n) is 6.21. The summed E-state index contributed by atoms with van der Waals surface area (Å²) in [7, 11) is 0. The van der Waals surface area contributed by atoms with E-state index in [1.54, 1.807) is 0 Å². The zero-order valence-corrected chi connectivity index (χ0v) is 13.2. The molecule has 0 amide bonds. The molecule has 0 bridgehead atoms. The molecule has 2 N–H and O–H groups in total. The lowest BCUT2D eigenvalue weighted by Crippen LogP contribution is -2.49. The maximum absolute atomic E-state index is 9.81. The molecular weight excluding hydrogens is 274 g/mol. The molecule has 1 fully saturated rings. The van der Waals surface area contributed by atoms with Crippen LogP contribution in [0.25, 0.3) is 0 Å². The fraction of sp³-hybridized carbons (Fsp3) is 0.444. The maximum Gasteiger partial charge on any atom is 0.129 e. The molecule has 22 heavy (non-hydrogen) atoms. The van der Waals surface area contributed by atoms with Gasteiger partial charge in [0.2, 0.25) is 0 Å². The zero-order valence-electron chi connectivity index (χ0n) is 13.2. The highest BCUT2D eigenvalue weighted by atomic mass is 16.3. The van der Waals surface area contributed by atoms with E-state index in [4.69, 9.17) is 0 Å². The van der Waals surface area contributed by atoms with E-state index in [0.29, 0.717) is 0 Å². The largest absolute Gasteiger partial charge is 0.393 e. The molecule has 1 heterocycles. The van der Waals surface area contributed by atoms with E-state index in [9.17, 15) is 5.11 Å². The predicted molar refractivity (Wildman–Crippen MR) is 88.0 cm³/mol. The van der Waals surface area contributed by atoms with Crippen LogP contribution in [-0.2, 0) is 11.8 Å².